The predicted octanol–water partition coefficient (Wildman–Crippen LogP) is 4.81. The normalized spacial score (nSPS) is 11.2. The first-order chi connectivity index (χ1) is 14.1. The second-order valence-electron chi connectivity index (χ2n) is 6.57. The fourth-order valence-corrected chi connectivity index (χ4v) is 3.31. The van der Waals surface area contributed by atoms with Gasteiger partial charge in [0.2, 0.25) is 0 Å². The molecule has 1 amide bonds. The molecule has 29 heavy (non-hydrogen) atoms. The first kappa shape index (κ1) is 18.8. The van der Waals surface area contributed by atoms with Crippen LogP contribution in [0.25, 0.3) is 10.9 Å². The zero-order chi connectivity index (χ0) is 20.2. The maximum Gasteiger partial charge on any atom is 0.275 e. The largest absolute Gasteiger partial charge is 0.507 e. The maximum absolute atomic E-state index is 12.2. The summed E-state index contributed by atoms with van der Waals surface area (Å²) in [6.07, 6.45) is 3.60. The number of carbonyl (C=O) groups is 1. The number of amides is 1. The summed E-state index contributed by atoms with van der Waals surface area (Å²) in [7, 11) is 0. The first-order valence-corrected chi connectivity index (χ1v) is 9.43. The number of hydrogen-bond acceptors (Lipinski definition) is 3. The van der Waals surface area contributed by atoms with Gasteiger partial charge < -0.3 is 9.67 Å². The minimum Gasteiger partial charge on any atom is -0.507 e. The van der Waals surface area contributed by atoms with Crippen LogP contribution in [0.5, 0.6) is 5.75 Å². The molecule has 0 radical (unpaired) electrons. The van der Waals surface area contributed by atoms with Crippen molar-refractivity contribution in [2.24, 2.45) is 5.10 Å². The molecule has 4 rings (SSSR count). The number of phenols is 1. The van der Waals surface area contributed by atoms with Crippen LogP contribution in [-0.2, 0) is 6.54 Å². The molecule has 0 aliphatic carbocycles. The number of rotatable bonds is 5. The van der Waals surface area contributed by atoms with E-state index in [1.165, 1.54) is 12.1 Å². The highest BCUT2D eigenvalue weighted by molar-refractivity contribution is 6.30. The molecule has 0 aliphatic rings. The smallest absolute Gasteiger partial charge is 0.275 e. The third-order valence-corrected chi connectivity index (χ3v) is 4.86. The van der Waals surface area contributed by atoms with E-state index in [1.54, 1.807) is 18.3 Å². The Morgan fingerprint density at radius 1 is 1.03 bits per heavy atom. The predicted molar refractivity (Wildman–Crippen MR) is 116 cm³/mol. The van der Waals surface area contributed by atoms with Crippen molar-refractivity contribution in [1.29, 1.82) is 0 Å². The van der Waals surface area contributed by atoms with Crippen molar-refractivity contribution in [3.63, 3.8) is 0 Å². The Hall–Kier alpha value is -3.57. The Kier molecular flexibility index (Phi) is 5.31. The zero-order valence-electron chi connectivity index (χ0n) is 15.4. The van der Waals surface area contributed by atoms with Crippen molar-refractivity contribution >= 4 is 34.6 Å². The van der Waals surface area contributed by atoms with Crippen molar-refractivity contribution in [2.45, 2.75) is 6.54 Å². The summed E-state index contributed by atoms with van der Waals surface area (Å²) < 4.78 is 2.13. The van der Waals surface area contributed by atoms with E-state index in [1.807, 2.05) is 54.7 Å². The fourth-order valence-electron chi connectivity index (χ4n) is 3.18. The lowest BCUT2D eigenvalue weighted by Crippen LogP contribution is -2.17. The van der Waals surface area contributed by atoms with Gasteiger partial charge in [-0.05, 0) is 35.9 Å². The number of halogens is 1. The van der Waals surface area contributed by atoms with E-state index in [4.69, 9.17) is 11.6 Å². The SMILES string of the molecule is O=C(N/N=C/c1cn(Cc2ccc(Cl)cc2)c2ccccc12)c1ccccc1O. The average molecular weight is 404 g/mol. The van der Waals surface area contributed by atoms with Crippen LogP contribution in [0.1, 0.15) is 21.5 Å². The van der Waals surface area contributed by atoms with Gasteiger partial charge in [0, 0.05) is 34.2 Å². The molecule has 4 aromatic rings. The summed E-state index contributed by atoms with van der Waals surface area (Å²) in [4.78, 5) is 12.2. The van der Waals surface area contributed by atoms with Gasteiger partial charge in [-0.15, -0.1) is 0 Å². The van der Waals surface area contributed by atoms with E-state index in [9.17, 15) is 9.90 Å². The minimum atomic E-state index is -0.468. The lowest BCUT2D eigenvalue weighted by Gasteiger charge is -2.05. The number of benzene rings is 3. The molecule has 144 valence electrons. The van der Waals surface area contributed by atoms with Crippen LogP contribution in [0.4, 0.5) is 0 Å². The van der Waals surface area contributed by atoms with Crippen molar-refractivity contribution in [3.05, 3.63) is 101 Å². The van der Waals surface area contributed by atoms with Crippen molar-refractivity contribution in [3.8, 4) is 5.75 Å². The summed E-state index contributed by atoms with van der Waals surface area (Å²) in [5, 5.41) is 15.6. The Balaban J connectivity index is 1.57. The molecule has 0 atom stereocenters. The number of phenolic OH excluding ortho intramolecular Hbond substituents is 1. The van der Waals surface area contributed by atoms with E-state index in [-0.39, 0.29) is 11.3 Å². The molecule has 1 heterocycles. The monoisotopic (exact) mass is 403 g/mol. The Morgan fingerprint density at radius 3 is 2.55 bits per heavy atom. The van der Waals surface area contributed by atoms with Gasteiger partial charge in [0.25, 0.3) is 5.91 Å². The number of aromatic nitrogens is 1. The van der Waals surface area contributed by atoms with Gasteiger partial charge in [-0.25, -0.2) is 5.43 Å². The Bertz CT molecular complexity index is 1200. The molecule has 1 aromatic heterocycles. The maximum atomic E-state index is 12.2. The molecule has 2 N–H and O–H groups in total. The van der Waals surface area contributed by atoms with Crippen LogP contribution in [0.3, 0.4) is 0 Å². The molecule has 0 aliphatic heterocycles. The molecule has 0 fully saturated rings. The van der Waals surface area contributed by atoms with Gasteiger partial charge in [0.05, 0.1) is 11.8 Å². The van der Waals surface area contributed by atoms with E-state index in [0.29, 0.717) is 11.6 Å². The minimum absolute atomic E-state index is 0.0835. The Labute approximate surface area is 172 Å². The highest BCUT2D eigenvalue weighted by Crippen LogP contribution is 2.22. The van der Waals surface area contributed by atoms with Gasteiger partial charge in [0.1, 0.15) is 5.75 Å². The number of aromatic hydroxyl groups is 1. The zero-order valence-corrected chi connectivity index (χ0v) is 16.2. The van der Waals surface area contributed by atoms with Gasteiger partial charge in [-0.1, -0.05) is 54.1 Å². The molecule has 3 aromatic carbocycles. The molecule has 0 saturated carbocycles. The van der Waals surface area contributed by atoms with E-state index in [0.717, 1.165) is 22.0 Å². The van der Waals surface area contributed by atoms with E-state index in [2.05, 4.69) is 15.1 Å². The van der Waals surface area contributed by atoms with Crippen LogP contribution in [-0.4, -0.2) is 21.8 Å². The standard InChI is InChI=1S/C23H18ClN3O2/c24-18-11-9-16(10-12-18)14-27-15-17(19-5-1-3-7-21(19)27)13-25-26-23(29)20-6-2-4-8-22(20)28/h1-13,15,28H,14H2,(H,26,29)/b25-13+. The molecule has 0 bridgehead atoms. The topological polar surface area (TPSA) is 66.6 Å². The highest BCUT2D eigenvalue weighted by Gasteiger charge is 2.10. The first-order valence-electron chi connectivity index (χ1n) is 9.05. The number of nitrogens with zero attached hydrogens (tertiary/aromatic N) is 2. The summed E-state index contributed by atoms with van der Waals surface area (Å²) in [5.41, 5.74) is 5.72. The van der Waals surface area contributed by atoms with Crippen LogP contribution < -0.4 is 5.43 Å². The molecule has 0 unspecified atom stereocenters. The lowest BCUT2D eigenvalue weighted by molar-refractivity contribution is 0.0952. The molecule has 0 saturated heterocycles. The molecule has 6 heteroatoms. The number of carbonyl (C=O) groups excluding carboxylic acids is 1. The summed E-state index contributed by atoms with van der Waals surface area (Å²) in [6.45, 7) is 0.690. The van der Waals surface area contributed by atoms with E-state index < -0.39 is 5.91 Å². The molecule has 5 nitrogen and oxygen atoms in total. The third-order valence-electron chi connectivity index (χ3n) is 4.60. The van der Waals surface area contributed by atoms with Crippen LogP contribution in [0.2, 0.25) is 5.02 Å². The second-order valence-corrected chi connectivity index (χ2v) is 7.01. The average Bonchev–Trinajstić information content (AvgIpc) is 3.08. The van der Waals surface area contributed by atoms with Crippen LogP contribution in [0, 0.1) is 0 Å². The van der Waals surface area contributed by atoms with Crippen LogP contribution >= 0.6 is 11.6 Å². The van der Waals surface area contributed by atoms with Crippen molar-refractivity contribution < 1.29 is 9.90 Å². The van der Waals surface area contributed by atoms with Crippen molar-refractivity contribution in [1.82, 2.24) is 9.99 Å². The third kappa shape index (κ3) is 4.15. The van der Waals surface area contributed by atoms with Gasteiger partial charge in [-0.3, -0.25) is 4.79 Å². The summed E-state index contributed by atoms with van der Waals surface area (Å²) in [6, 6.07) is 22.1. The number of fused-ring (bicyclic) bond motifs is 1. The Morgan fingerprint density at radius 2 is 1.76 bits per heavy atom. The number of hydrazone groups is 1. The van der Waals surface area contributed by atoms with Crippen LogP contribution in [0.15, 0.2) is 84.1 Å². The van der Waals surface area contributed by atoms with Gasteiger partial charge >= 0.3 is 0 Å². The lowest BCUT2D eigenvalue weighted by atomic mass is 10.2. The number of para-hydroxylation sites is 2. The number of nitrogens with one attached hydrogen (secondary N) is 1. The number of hydrogen-bond donors (Lipinski definition) is 2. The van der Waals surface area contributed by atoms with E-state index >= 15 is 0 Å². The quantitative estimate of drug-likeness (QED) is 0.371. The highest BCUT2D eigenvalue weighted by atomic mass is 35.5. The van der Waals surface area contributed by atoms with Gasteiger partial charge in [-0.2, -0.15) is 5.10 Å². The van der Waals surface area contributed by atoms with Gasteiger partial charge in [0.15, 0.2) is 0 Å². The second kappa shape index (κ2) is 8.20. The molecular weight excluding hydrogens is 386 g/mol. The molecule has 0 spiro atoms. The summed E-state index contributed by atoms with van der Waals surface area (Å²) >= 11 is 5.98. The molecular formula is C23H18ClN3O2. The summed E-state index contributed by atoms with van der Waals surface area (Å²) in [5.74, 6) is -0.552. The fraction of sp³-hybridized carbons (Fsp3) is 0.0435. The van der Waals surface area contributed by atoms with Crippen molar-refractivity contribution in [2.75, 3.05) is 0 Å².